The molecule has 0 saturated carbocycles. The number of fused-ring (bicyclic) bond motifs is 1. The molecule has 150 valence electrons. The Kier molecular flexibility index (Phi) is 6.10. The van der Waals surface area contributed by atoms with Crippen molar-refractivity contribution < 1.29 is 12.8 Å². The van der Waals surface area contributed by atoms with Crippen LogP contribution in [-0.4, -0.2) is 48.4 Å². The van der Waals surface area contributed by atoms with Gasteiger partial charge in [0.1, 0.15) is 0 Å². The number of nitrogens with zero attached hydrogens (tertiary/aromatic N) is 3. The second-order valence-electron chi connectivity index (χ2n) is 7.64. The van der Waals surface area contributed by atoms with E-state index in [-0.39, 0.29) is 4.90 Å². The maximum Gasteiger partial charge on any atom is 0.270 e. The minimum atomic E-state index is -3.52. The lowest BCUT2D eigenvalue weighted by molar-refractivity contribution is 0.109. The fourth-order valence-corrected chi connectivity index (χ4v) is 5.88. The van der Waals surface area contributed by atoms with Crippen molar-refractivity contribution in [1.82, 2.24) is 13.8 Å². The van der Waals surface area contributed by atoms with E-state index in [1.165, 1.54) is 10.7 Å². The zero-order valence-corrected chi connectivity index (χ0v) is 18.1. The Bertz CT molecular complexity index is 950. The van der Waals surface area contributed by atoms with Crippen molar-refractivity contribution in [2.24, 2.45) is 11.8 Å². The van der Waals surface area contributed by atoms with Gasteiger partial charge in [0.2, 0.25) is 10.0 Å². The van der Waals surface area contributed by atoms with Crippen LogP contribution in [0.2, 0.25) is 0 Å². The number of benzene rings is 1. The van der Waals surface area contributed by atoms with Gasteiger partial charge in [0.15, 0.2) is 5.58 Å². The van der Waals surface area contributed by atoms with Gasteiger partial charge in [-0.15, -0.1) is 0 Å². The first kappa shape index (κ1) is 20.5. The summed E-state index contributed by atoms with van der Waals surface area (Å²) < 4.78 is 34.9. The molecule has 0 aliphatic carbocycles. The molecule has 0 radical (unpaired) electrons. The standard InChI is InChI=1S/C19H29N3O3S2/c1-5-21(6-2)27(23,24)16-7-8-18-17(10-16)22(19(26)25-18)13-20-11-14(3)9-15(4)12-20/h7-8,10,14-15H,5-6,9,11-13H2,1-4H3/t14-,15-/m1/s1. The van der Waals surface area contributed by atoms with E-state index in [1.54, 1.807) is 18.2 Å². The minimum Gasteiger partial charge on any atom is -0.429 e. The maximum atomic E-state index is 12.9. The molecule has 0 amide bonds. The number of hydrogen-bond donors (Lipinski definition) is 0. The van der Waals surface area contributed by atoms with E-state index in [0.717, 1.165) is 18.6 Å². The zero-order chi connectivity index (χ0) is 19.8. The number of likely N-dealkylation sites (tertiary alicyclic amines) is 1. The summed E-state index contributed by atoms with van der Waals surface area (Å²) in [5, 5.41) is 0. The highest BCUT2D eigenvalue weighted by Gasteiger charge is 2.25. The third-order valence-corrected chi connectivity index (χ3v) is 7.62. The molecule has 27 heavy (non-hydrogen) atoms. The first-order chi connectivity index (χ1) is 12.8. The van der Waals surface area contributed by atoms with E-state index in [9.17, 15) is 8.42 Å². The van der Waals surface area contributed by atoms with Crippen LogP contribution in [-0.2, 0) is 16.7 Å². The molecule has 3 rings (SSSR count). The van der Waals surface area contributed by atoms with E-state index in [4.69, 9.17) is 16.6 Å². The lowest BCUT2D eigenvalue weighted by Crippen LogP contribution is -2.39. The largest absolute Gasteiger partial charge is 0.429 e. The lowest BCUT2D eigenvalue weighted by atomic mass is 9.92. The quantitative estimate of drug-likeness (QED) is 0.674. The summed E-state index contributed by atoms with van der Waals surface area (Å²) in [4.78, 5) is 3.03. The Labute approximate surface area is 166 Å². The van der Waals surface area contributed by atoms with Crippen LogP contribution in [0.4, 0.5) is 0 Å². The predicted octanol–water partition coefficient (Wildman–Crippen LogP) is 3.93. The van der Waals surface area contributed by atoms with Crippen LogP contribution in [0.5, 0.6) is 0 Å². The second-order valence-corrected chi connectivity index (χ2v) is 9.93. The van der Waals surface area contributed by atoms with Crippen molar-refractivity contribution in [3.63, 3.8) is 0 Å². The summed E-state index contributed by atoms with van der Waals surface area (Å²) >= 11 is 5.42. The third-order valence-electron chi connectivity index (χ3n) is 5.27. The molecule has 0 unspecified atom stereocenters. The summed E-state index contributed by atoms with van der Waals surface area (Å²) in [6, 6.07) is 5.00. The molecule has 1 fully saturated rings. The van der Waals surface area contributed by atoms with Crippen LogP contribution in [0.15, 0.2) is 27.5 Å². The molecule has 2 heterocycles. The van der Waals surface area contributed by atoms with E-state index in [1.807, 2.05) is 18.4 Å². The Balaban J connectivity index is 1.99. The molecule has 2 aromatic rings. The fraction of sp³-hybridized carbons (Fsp3) is 0.632. The molecule has 0 N–H and O–H groups in total. The van der Waals surface area contributed by atoms with Gasteiger partial charge >= 0.3 is 0 Å². The van der Waals surface area contributed by atoms with Gasteiger partial charge in [0.05, 0.1) is 17.1 Å². The number of hydrogen-bond acceptors (Lipinski definition) is 5. The number of aromatic nitrogens is 1. The molecule has 1 aromatic heterocycles. The average molecular weight is 412 g/mol. The Morgan fingerprint density at radius 2 is 1.81 bits per heavy atom. The molecule has 2 atom stereocenters. The van der Waals surface area contributed by atoms with Gasteiger partial charge in [0, 0.05) is 26.2 Å². The van der Waals surface area contributed by atoms with Crippen molar-refractivity contribution in [3.05, 3.63) is 23.0 Å². The summed E-state index contributed by atoms with van der Waals surface area (Å²) in [6.07, 6.45) is 1.24. The SMILES string of the molecule is CCN(CC)S(=O)(=O)c1ccc2oc(=S)n(CN3C[C@H](C)C[C@@H](C)C3)c2c1. The van der Waals surface area contributed by atoms with Crippen LogP contribution in [0.3, 0.4) is 0 Å². The Morgan fingerprint density at radius 3 is 2.41 bits per heavy atom. The van der Waals surface area contributed by atoms with Crippen LogP contribution >= 0.6 is 12.2 Å². The van der Waals surface area contributed by atoms with Crippen LogP contribution < -0.4 is 0 Å². The van der Waals surface area contributed by atoms with Crippen molar-refractivity contribution in [3.8, 4) is 0 Å². The predicted molar refractivity (Wildman–Crippen MR) is 110 cm³/mol. The molecule has 1 saturated heterocycles. The van der Waals surface area contributed by atoms with Gasteiger partial charge in [0.25, 0.3) is 4.84 Å². The molecule has 1 aliphatic rings. The van der Waals surface area contributed by atoms with Crippen LogP contribution in [0, 0.1) is 16.7 Å². The first-order valence-electron chi connectivity index (χ1n) is 9.62. The van der Waals surface area contributed by atoms with Gasteiger partial charge in [-0.25, -0.2) is 8.42 Å². The van der Waals surface area contributed by atoms with E-state index >= 15 is 0 Å². The molecule has 1 aromatic carbocycles. The normalized spacial score (nSPS) is 22.0. The van der Waals surface area contributed by atoms with Crippen LogP contribution in [0.25, 0.3) is 11.1 Å². The van der Waals surface area contributed by atoms with Gasteiger partial charge in [-0.05, 0) is 48.7 Å². The van der Waals surface area contributed by atoms with Gasteiger partial charge in [-0.2, -0.15) is 4.31 Å². The fourth-order valence-electron chi connectivity index (χ4n) is 4.16. The number of sulfonamides is 1. The van der Waals surface area contributed by atoms with E-state index in [2.05, 4.69) is 18.7 Å². The molecular formula is C19H29N3O3S2. The number of oxazole rings is 1. The van der Waals surface area contributed by atoms with Gasteiger partial charge in [-0.3, -0.25) is 9.47 Å². The minimum absolute atomic E-state index is 0.281. The van der Waals surface area contributed by atoms with E-state index in [0.29, 0.717) is 42.0 Å². The highest BCUT2D eigenvalue weighted by Crippen LogP contribution is 2.26. The molecule has 0 spiro atoms. The third kappa shape index (κ3) is 4.13. The summed E-state index contributed by atoms with van der Waals surface area (Å²) in [5.74, 6) is 1.28. The lowest BCUT2D eigenvalue weighted by Gasteiger charge is -2.34. The van der Waals surface area contributed by atoms with Gasteiger partial charge < -0.3 is 4.42 Å². The monoisotopic (exact) mass is 411 g/mol. The molecule has 1 aliphatic heterocycles. The number of rotatable bonds is 6. The van der Waals surface area contributed by atoms with Gasteiger partial charge in [-0.1, -0.05) is 27.7 Å². The van der Waals surface area contributed by atoms with Crippen LogP contribution in [0.1, 0.15) is 34.1 Å². The zero-order valence-electron chi connectivity index (χ0n) is 16.5. The average Bonchev–Trinajstić information content (AvgIpc) is 2.90. The Morgan fingerprint density at radius 1 is 1.19 bits per heavy atom. The van der Waals surface area contributed by atoms with Crippen molar-refractivity contribution in [2.75, 3.05) is 26.2 Å². The molecular weight excluding hydrogens is 382 g/mol. The maximum absolute atomic E-state index is 12.9. The highest BCUT2D eigenvalue weighted by atomic mass is 32.2. The topological polar surface area (TPSA) is 58.7 Å². The summed E-state index contributed by atoms with van der Waals surface area (Å²) in [7, 11) is -3.52. The molecule has 8 heteroatoms. The second kappa shape index (κ2) is 8.03. The van der Waals surface area contributed by atoms with Crippen molar-refractivity contribution >= 4 is 33.3 Å². The highest BCUT2D eigenvalue weighted by molar-refractivity contribution is 7.89. The molecule has 6 nitrogen and oxygen atoms in total. The Hall–Kier alpha value is -1.22. The number of piperidine rings is 1. The first-order valence-corrected chi connectivity index (χ1v) is 11.5. The molecule has 0 bridgehead atoms. The van der Waals surface area contributed by atoms with E-state index < -0.39 is 10.0 Å². The van der Waals surface area contributed by atoms with Crippen molar-refractivity contribution in [2.45, 2.75) is 45.7 Å². The summed E-state index contributed by atoms with van der Waals surface area (Å²) in [6.45, 7) is 11.8. The summed E-state index contributed by atoms with van der Waals surface area (Å²) in [5.41, 5.74) is 1.36. The van der Waals surface area contributed by atoms with Crippen molar-refractivity contribution in [1.29, 1.82) is 0 Å². The smallest absolute Gasteiger partial charge is 0.270 e.